The number of benzene rings is 2. The molecule has 0 bridgehead atoms. The van der Waals surface area contributed by atoms with Crippen LogP contribution >= 0.6 is 11.8 Å². The summed E-state index contributed by atoms with van der Waals surface area (Å²) in [5.74, 6) is 3.02. The molecule has 1 aliphatic rings. The maximum absolute atomic E-state index is 12.2. The average molecular weight is 433 g/mol. The molecule has 160 valence electrons. The number of rotatable bonds is 7. The van der Waals surface area contributed by atoms with Crippen LogP contribution in [0.5, 0.6) is 0 Å². The molecule has 1 fully saturated rings. The van der Waals surface area contributed by atoms with E-state index in [9.17, 15) is 4.79 Å². The van der Waals surface area contributed by atoms with Gasteiger partial charge in [0.25, 0.3) is 0 Å². The number of anilines is 2. The topological polar surface area (TPSA) is 58.1 Å². The summed E-state index contributed by atoms with van der Waals surface area (Å²) in [4.78, 5) is 14.5. The number of nitrogens with zero attached hydrogens (tertiary/aromatic N) is 3. The summed E-state index contributed by atoms with van der Waals surface area (Å²) in [5.41, 5.74) is 3.85. The van der Waals surface area contributed by atoms with Crippen molar-refractivity contribution >= 4 is 29.2 Å². The molecule has 0 saturated carbocycles. The summed E-state index contributed by atoms with van der Waals surface area (Å²) in [6.45, 7) is 4.40. The second-order valence-corrected chi connectivity index (χ2v) is 9.04. The number of amides is 1. The van der Waals surface area contributed by atoms with Crippen molar-refractivity contribution in [2.75, 3.05) is 29.1 Å². The molecule has 1 aliphatic heterocycles. The number of carbonyl (C=O) groups is 1. The van der Waals surface area contributed by atoms with Gasteiger partial charge in [0.15, 0.2) is 5.82 Å². The Morgan fingerprint density at radius 3 is 2.42 bits per heavy atom. The predicted octanol–water partition coefficient (Wildman–Crippen LogP) is 5.25. The Hall–Kier alpha value is -2.86. The Labute approximate surface area is 188 Å². The minimum Gasteiger partial charge on any atom is -0.355 e. The second-order valence-electron chi connectivity index (χ2n) is 8.05. The number of piperidine rings is 1. The molecule has 6 heteroatoms. The molecule has 0 unspecified atom stereocenters. The van der Waals surface area contributed by atoms with E-state index in [0.29, 0.717) is 5.75 Å². The van der Waals surface area contributed by atoms with Crippen molar-refractivity contribution in [1.82, 2.24) is 10.2 Å². The first-order valence-electron chi connectivity index (χ1n) is 10.8. The van der Waals surface area contributed by atoms with E-state index in [0.717, 1.165) is 47.5 Å². The molecule has 0 spiro atoms. The summed E-state index contributed by atoms with van der Waals surface area (Å²) in [6.07, 6.45) is 2.42. The fraction of sp³-hybridized carbons (Fsp3) is 0.320. The molecule has 0 aliphatic carbocycles. The van der Waals surface area contributed by atoms with E-state index in [4.69, 9.17) is 0 Å². The second kappa shape index (κ2) is 10.4. The number of nitrogens with one attached hydrogen (secondary N) is 1. The van der Waals surface area contributed by atoms with Crippen molar-refractivity contribution < 1.29 is 4.79 Å². The zero-order valence-electron chi connectivity index (χ0n) is 17.8. The standard InChI is InChI=1S/C25H28N4OS/c1-19-13-15-29(16-14-19)24-12-11-23(27-28-24)21-7-9-22(10-8-21)26-25(30)18-31-17-20-5-3-2-4-6-20/h2-12,19H,13-18H2,1H3,(H,26,30). The van der Waals surface area contributed by atoms with Crippen LogP contribution in [-0.2, 0) is 10.5 Å². The lowest BCUT2D eigenvalue weighted by Crippen LogP contribution is -2.33. The zero-order chi connectivity index (χ0) is 21.5. The Kier molecular flexibility index (Phi) is 7.20. The van der Waals surface area contributed by atoms with Crippen LogP contribution < -0.4 is 10.2 Å². The van der Waals surface area contributed by atoms with E-state index in [1.807, 2.05) is 48.5 Å². The van der Waals surface area contributed by atoms with E-state index in [-0.39, 0.29) is 5.91 Å². The van der Waals surface area contributed by atoms with Crippen LogP contribution in [0, 0.1) is 5.92 Å². The van der Waals surface area contributed by atoms with E-state index in [1.54, 1.807) is 11.8 Å². The van der Waals surface area contributed by atoms with Gasteiger partial charge in [-0.2, -0.15) is 0 Å². The fourth-order valence-corrected chi connectivity index (χ4v) is 4.43. The summed E-state index contributed by atoms with van der Waals surface area (Å²) in [6, 6.07) is 22.0. The Morgan fingerprint density at radius 2 is 1.74 bits per heavy atom. The lowest BCUT2D eigenvalue weighted by atomic mass is 9.99. The van der Waals surface area contributed by atoms with Crippen molar-refractivity contribution in [3.63, 3.8) is 0 Å². The van der Waals surface area contributed by atoms with Gasteiger partial charge in [0.2, 0.25) is 5.91 Å². The highest BCUT2D eigenvalue weighted by Crippen LogP contribution is 2.24. The van der Waals surface area contributed by atoms with Gasteiger partial charge >= 0.3 is 0 Å². The Bertz CT molecular complexity index is 969. The van der Waals surface area contributed by atoms with Gasteiger partial charge in [0.05, 0.1) is 11.4 Å². The molecule has 31 heavy (non-hydrogen) atoms. The molecule has 1 aromatic heterocycles. The van der Waals surface area contributed by atoms with E-state index >= 15 is 0 Å². The van der Waals surface area contributed by atoms with Gasteiger partial charge in [-0.05, 0) is 48.6 Å². The molecular formula is C25H28N4OS. The minimum atomic E-state index is 0.00803. The van der Waals surface area contributed by atoms with Crippen molar-refractivity contribution in [2.24, 2.45) is 5.92 Å². The number of carbonyl (C=O) groups excluding carboxylic acids is 1. The number of thioether (sulfide) groups is 1. The van der Waals surface area contributed by atoms with Gasteiger partial charge < -0.3 is 10.2 Å². The van der Waals surface area contributed by atoms with Crippen LogP contribution in [0.25, 0.3) is 11.3 Å². The van der Waals surface area contributed by atoms with Gasteiger partial charge in [-0.25, -0.2) is 0 Å². The lowest BCUT2D eigenvalue weighted by molar-refractivity contribution is -0.113. The van der Waals surface area contributed by atoms with Crippen molar-refractivity contribution in [3.8, 4) is 11.3 Å². The molecule has 2 heterocycles. The van der Waals surface area contributed by atoms with E-state index in [1.165, 1.54) is 18.4 Å². The molecule has 1 amide bonds. The van der Waals surface area contributed by atoms with E-state index in [2.05, 4.69) is 45.5 Å². The molecule has 4 rings (SSSR count). The first kappa shape index (κ1) is 21.4. The van der Waals surface area contributed by atoms with Crippen LogP contribution in [0.2, 0.25) is 0 Å². The summed E-state index contributed by atoms with van der Waals surface area (Å²) in [5, 5.41) is 11.8. The molecule has 5 nitrogen and oxygen atoms in total. The SMILES string of the molecule is CC1CCN(c2ccc(-c3ccc(NC(=O)CSCc4ccccc4)cc3)nn2)CC1. The van der Waals surface area contributed by atoms with Gasteiger partial charge in [0, 0.05) is 30.1 Å². The summed E-state index contributed by atoms with van der Waals surface area (Å²) in [7, 11) is 0. The maximum atomic E-state index is 12.2. The maximum Gasteiger partial charge on any atom is 0.234 e. The largest absolute Gasteiger partial charge is 0.355 e. The smallest absolute Gasteiger partial charge is 0.234 e. The normalized spacial score (nSPS) is 14.4. The molecule has 3 aromatic rings. The fourth-order valence-electron chi connectivity index (χ4n) is 3.64. The van der Waals surface area contributed by atoms with Crippen LogP contribution in [0.4, 0.5) is 11.5 Å². The van der Waals surface area contributed by atoms with Gasteiger partial charge in [-0.3, -0.25) is 4.79 Å². The van der Waals surface area contributed by atoms with Gasteiger partial charge in [-0.15, -0.1) is 22.0 Å². The highest BCUT2D eigenvalue weighted by molar-refractivity contribution is 7.99. The molecule has 0 atom stereocenters. The molecule has 1 saturated heterocycles. The average Bonchev–Trinajstić information content (AvgIpc) is 2.81. The zero-order valence-corrected chi connectivity index (χ0v) is 18.6. The first-order chi connectivity index (χ1) is 15.2. The Balaban J connectivity index is 1.28. The highest BCUT2D eigenvalue weighted by atomic mass is 32.2. The van der Waals surface area contributed by atoms with Crippen LogP contribution in [0.3, 0.4) is 0 Å². The van der Waals surface area contributed by atoms with Crippen LogP contribution in [0.15, 0.2) is 66.7 Å². The minimum absolute atomic E-state index is 0.00803. The first-order valence-corrected chi connectivity index (χ1v) is 11.9. The molecular weight excluding hydrogens is 404 g/mol. The molecule has 1 N–H and O–H groups in total. The molecule has 0 radical (unpaired) electrons. The third-order valence-electron chi connectivity index (χ3n) is 5.57. The van der Waals surface area contributed by atoms with Crippen molar-refractivity contribution in [1.29, 1.82) is 0 Å². The van der Waals surface area contributed by atoms with E-state index < -0.39 is 0 Å². The quantitative estimate of drug-likeness (QED) is 0.552. The molecule has 2 aromatic carbocycles. The number of hydrogen-bond acceptors (Lipinski definition) is 5. The highest BCUT2D eigenvalue weighted by Gasteiger charge is 2.17. The van der Waals surface area contributed by atoms with Crippen molar-refractivity contribution in [3.05, 3.63) is 72.3 Å². The third-order valence-corrected chi connectivity index (χ3v) is 6.57. The Morgan fingerprint density at radius 1 is 1.00 bits per heavy atom. The summed E-state index contributed by atoms with van der Waals surface area (Å²) < 4.78 is 0. The van der Waals surface area contributed by atoms with Gasteiger partial charge in [-0.1, -0.05) is 49.4 Å². The lowest BCUT2D eigenvalue weighted by Gasteiger charge is -2.30. The predicted molar refractivity (Wildman–Crippen MR) is 129 cm³/mol. The number of hydrogen-bond donors (Lipinski definition) is 1. The third kappa shape index (κ3) is 6.07. The van der Waals surface area contributed by atoms with Crippen LogP contribution in [0.1, 0.15) is 25.3 Å². The number of aromatic nitrogens is 2. The monoisotopic (exact) mass is 432 g/mol. The summed E-state index contributed by atoms with van der Waals surface area (Å²) >= 11 is 1.61. The van der Waals surface area contributed by atoms with Crippen LogP contribution in [-0.4, -0.2) is 34.9 Å². The van der Waals surface area contributed by atoms with Crippen molar-refractivity contribution in [2.45, 2.75) is 25.5 Å². The van der Waals surface area contributed by atoms with Gasteiger partial charge in [0.1, 0.15) is 0 Å².